The molecule has 2 rings (SSSR count). The van der Waals surface area contributed by atoms with Crippen molar-refractivity contribution in [2.75, 3.05) is 13.2 Å². The average molecular weight is 113 g/mol. The van der Waals surface area contributed by atoms with Gasteiger partial charge in [-0.3, -0.25) is 0 Å². The lowest BCUT2D eigenvalue weighted by Crippen LogP contribution is -2.41. The topological polar surface area (TPSA) is 21.3 Å². The van der Waals surface area contributed by atoms with Gasteiger partial charge in [-0.25, -0.2) is 0 Å². The van der Waals surface area contributed by atoms with Crippen LogP contribution in [0.1, 0.15) is 12.8 Å². The molecular weight excluding hydrogens is 102 g/mol. The average Bonchev–Trinajstić information content (AvgIpc) is 2.12. The fourth-order valence-corrected chi connectivity index (χ4v) is 1.52. The molecule has 2 atom stereocenters. The van der Waals surface area contributed by atoms with Gasteiger partial charge in [-0.2, -0.15) is 0 Å². The van der Waals surface area contributed by atoms with Crippen molar-refractivity contribution in [1.29, 1.82) is 0 Å². The minimum absolute atomic E-state index is 0.689. The van der Waals surface area contributed by atoms with Gasteiger partial charge in [0.15, 0.2) is 0 Å². The maximum atomic E-state index is 5.29. The summed E-state index contributed by atoms with van der Waals surface area (Å²) in [5.74, 6) is 0. The molecule has 1 unspecified atom stereocenters. The predicted octanol–water partition coefficient (Wildman–Crippen LogP) is 0.137. The molecule has 2 aliphatic heterocycles. The van der Waals surface area contributed by atoms with Crippen molar-refractivity contribution in [3.05, 3.63) is 0 Å². The minimum Gasteiger partial charge on any atom is -0.378 e. The Morgan fingerprint density at radius 3 is 2.25 bits per heavy atom. The SMILES string of the molecule is C1C[C@H]2COCC1N2. The van der Waals surface area contributed by atoms with Gasteiger partial charge in [0.05, 0.1) is 13.2 Å². The van der Waals surface area contributed by atoms with Gasteiger partial charge in [-0.05, 0) is 12.8 Å². The van der Waals surface area contributed by atoms with E-state index in [2.05, 4.69) is 5.32 Å². The number of nitrogens with one attached hydrogen (secondary N) is 1. The highest BCUT2D eigenvalue weighted by molar-refractivity contribution is 4.86. The standard InChI is InChI=1S/C6H11NO/c1-2-6-4-8-3-5(1)7-6/h5-7H,1-4H2/t5-,6?/m0/s1. The molecule has 8 heavy (non-hydrogen) atoms. The van der Waals surface area contributed by atoms with E-state index >= 15 is 0 Å². The molecule has 0 aromatic carbocycles. The first-order chi connectivity index (χ1) is 3.95. The van der Waals surface area contributed by atoms with Gasteiger partial charge in [0.1, 0.15) is 0 Å². The molecule has 46 valence electrons. The third kappa shape index (κ3) is 0.644. The number of hydrogen-bond acceptors (Lipinski definition) is 2. The number of fused-ring (bicyclic) bond motifs is 2. The molecule has 2 fully saturated rings. The molecule has 0 spiro atoms. The molecule has 2 nitrogen and oxygen atoms in total. The van der Waals surface area contributed by atoms with E-state index in [1.165, 1.54) is 12.8 Å². The van der Waals surface area contributed by atoms with Gasteiger partial charge >= 0.3 is 0 Å². The largest absolute Gasteiger partial charge is 0.378 e. The summed E-state index contributed by atoms with van der Waals surface area (Å²) < 4.78 is 5.29. The van der Waals surface area contributed by atoms with Crippen molar-refractivity contribution in [3.8, 4) is 0 Å². The summed E-state index contributed by atoms with van der Waals surface area (Å²) in [7, 11) is 0. The lowest BCUT2D eigenvalue weighted by Gasteiger charge is -2.20. The highest BCUT2D eigenvalue weighted by atomic mass is 16.5. The van der Waals surface area contributed by atoms with Crippen LogP contribution in [0.3, 0.4) is 0 Å². The molecule has 2 bridgehead atoms. The molecule has 0 aliphatic carbocycles. The van der Waals surface area contributed by atoms with Crippen molar-refractivity contribution in [3.63, 3.8) is 0 Å². The molecule has 2 aliphatic rings. The van der Waals surface area contributed by atoms with Crippen molar-refractivity contribution in [1.82, 2.24) is 5.32 Å². The molecule has 0 aromatic heterocycles. The van der Waals surface area contributed by atoms with Gasteiger partial charge in [-0.1, -0.05) is 0 Å². The quantitative estimate of drug-likeness (QED) is 0.482. The van der Waals surface area contributed by atoms with Crippen LogP contribution in [0.15, 0.2) is 0 Å². The summed E-state index contributed by atoms with van der Waals surface area (Å²) in [5.41, 5.74) is 0. The van der Waals surface area contributed by atoms with E-state index < -0.39 is 0 Å². The van der Waals surface area contributed by atoms with Crippen molar-refractivity contribution >= 4 is 0 Å². The number of hydrogen-bond donors (Lipinski definition) is 1. The van der Waals surface area contributed by atoms with E-state index in [1.54, 1.807) is 0 Å². The van der Waals surface area contributed by atoms with Gasteiger partial charge in [-0.15, -0.1) is 0 Å². The molecule has 0 amide bonds. The normalized spacial score (nSPS) is 45.0. The Hall–Kier alpha value is -0.0800. The summed E-state index contributed by atoms with van der Waals surface area (Å²) in [5, 5.41) is 3.47. The highest BCUT2D eigenvalue weighted by Crippen LogP contribution is 2.16. The second-order valence-corrected chi connectivity index (χ2v) is 2.68. The summed E-state index contributed by atoms with van der Waals surface area (Å²) in [6.45, 7) is 1.88. The van der Waals surface area contributed by atoms with Crippen LogP contribution >= 0.6 is 0 Å². The van der Waals surface area contributed by atoms with Crippen LogP contribution in [0.5, 0.6) is 0 Å². The third-order valence-corrected chi connectivity index (χ3v) is 1.97. The lowest BCUT2D eigenvalue weighted by molar-refractivity contribution is 0.0728. The van der Waals surface area contributed by atoms with Crippen LogP contribution in [0.2, 0.25) is 0 Å². The Balaban J connectivity index is 2.03. The van der Waals surface area contributed by atoms with E-state index in [0.29, 0.717) is 12.1 Å². The zero-order valence-electron chi connectivity index (χ0n) is 4.89. The lowest BCUT2D eigenvalue weighted by atomic mass is 10.2. The first-order valence-corrected chi connectivity index (χ1v) is 3.29. The first kappa shape index (κ1) is 4.77. The monoisotopic (exact) mass is 113 g/mol. The first-order valence-electron chi connectivity index (χ1n) is 3.29. The fraction of sp³-hybridized carbons (Fsp3) is 1.00. The molecule has 0 radical (unpaired) electrons. The van der Waals surface area contributed by atoms with E-state index in [0.717, 1.165) is 13.2 Å². The Morgan fingerprint density at radius 1 is 1.12 bits per heavy atom. The smallest absolute Gasteiger partial charge is 0.0620 e. The fourth-order valence-electron chi connectivity index (χ4n) is 1.52. The molecule has 0 saturated carbocycles. The molecule has 2 heteroatoms. The molecule has 0 aromatic rings. The zero-order valence-corrected chi connectivity index (χ0v) is 4.89. The third-order valence-electron chi connectivity index (χ3n) is 1.97. The van der Waals surface area contributed by atoms with Crippen molar-refractivity contribution in [2.24, 2.45) is 0 Å². The second-order valence-electron chi connectivity index (χ2n) is 2.68. The van der Waals surface area contributed by atoms with E-state index in [-0.39, 0.29) is 0 Å². The summed E-state index contributed by atoms with van der Waals surface area (Å²) in [6.07, 6.45) is 2.65. The molecule has 1 N–H and O–H groups in total. The maximum absolute atomic E-state index is 5.29. The van der Waals surface area contributed by atoms with Crippen LogP contribution in [0, 0.1) is 0 Å². The Kier molecular flexibility index (Phi) is 1.02. The Morgan fingerprint density at radius 2 is 1.75 bits per heavy atom. The molecule has 2 saturated heterocycles. The number of morpholine rings is 1. The predicted molar refractivity (Wildman–Crippen MR) is 30.8 cm³/mol. The maximum Gasteiger partial charge on any atom is 0.0620 e. The van der Waals surface area contributed by atoms with Crippen LogP contribution in [-0.4, -0.2) is 25.3 Å². The number of ether oxygens (including phenoxy) is 1. The van der Waals surface area contributed by atoms with Gasteiger partial charge < -0.3 is 10.1 Å². The van der Waals surface area contributed by atoms with Crippen LogP contribution in [-0.2, 0) is 4.74 Å². The Bertz CT molecular complexity index is 80.5. The summed E-state index contributed by atoms with van der Waals surface area (Å²) in [4.78, 5) is 0. The van der Waals surface area contributed by atoms with Gasteiger partial charge in [0.25, 0.3) is 0 Å². The van der Waals surface area contributed by atoms with Gasteiger partial charge in [0.2, 0.25) is 0 Å². The highest BCUT2D eigenvalue weighted by Gasteiger charge is 2.27. The minimum atomic E-state index is 0.689. The van der Waals surface area contributed by atoms with E-state index in [4.69, 9.17) is 4.74 Å². The number of rotatable bonds is 0. The molecule has 2 heterocycles. The van der Waals surface area contributed by atoms with E-state index in [9.17, 15) is 0 Å². The van der Waals surface area contributed by atoms with Crippen LogP contribution in [0.4, 0.5) is 0 Å². The van der Waals surface area contributed by atoms with E-state index in [1.807, 2.05) is 0 Å². The van der Waals surface area contributed by atoms with Crippen molar-refractivity contribution in [2.45, 2.75) is 24.9 Å². The van der Waals surface area contributed by atoms with Gasteiger partial charge in [0, 0.05) is 12.1 Å². The van der Waals surface area contributed by atoms with Crippen LogP contribution < -0.4 is 5.32 Å². The summed E-state index contributed by atoms with van der Waals surface area (Å²) in [6, 6.07) is 1.38. The summed E-state index contributed by atoms with van der Waals surface area (Å²) >= 11 is 0. The van der Waals surface area contributed by atoms with Crippen LogP contribution in [0.25, 0.3) is 0 Å². The second kappa shape index (κ2) is 1.71. The molecular formula is C6H11NO. The van der Waals surface area contributed by atoms with Crippen molar-refractivity contribution < 1.29 is 4.74 Å². The zero-order chi connectivity index (χ0) is 5.40. The Labute approximate surface area is 49.2 Å².